The van der Waals surface area contributed by atoms with Crippen LogP contribution < -0.4 is 14.5 Å². The average molecular weight is 552 g/mol. The van der Waals surface area contributed by atoms with E-state index in [1.807, 2.05) is 85.8 Å². The Morgan fingerprint density at radius 2 is 1.67 bits per heavy atom. The molecule has 0 aliphatic carbocycles. The maximum atomic E-state index is 13.5. The van der Waals surface area contributed by atoms with Crippen molar-refractivity contribution < 1.29 is 14.3 Å². The molecule has 0 aromatic heterocycles. The van der Waals surface area contributed by atoms with Crippen LogP contribution in [0.4, 0.5) is 5.69 Å². The minimum atomic E-state index is -0.167. The highest BCUT2D eigenvalue weighted by atomic mass is 127. The Hall–Kier alpha value is -3.13. The van der Waals surface area contributed by atoms with Crippen LogP contribution >= 0.6 is 22.6 Å². The molecule has 5 nitrogen and oxygen atoms in total. The minimum Gasteiger partial charge on any atom is -0.490 e. The van der Waals surface area contributed by atoms with Crippen molar-refractivity contribution in [3.63, 3.8) is 0 Å². The number of amides is 1. The zero-order valence-electron chi connectivity index (χ0n) is 18.6. The molecule has 3 aromatic rings. The molecule has 4 rings (SSSR count). The fraction of sp³-hybridized carbons (Fsp3) is 0.185. The lowest BCUT2D eigenvalue weighted by Crippen LogP contribution is -2.21. The van der Waals surface area contributed by atoms with E-state index in [0.29, 0.717) is 30.2 Å². The van der Waals surface area contributed by atoms with Crippen LogP contribution in [0, 0.1) is 3.57 Å². The molecule has 0 radical (unpaired) electrons. The third kappa shape index (κ3) is 5.11. The predicted octanol–water partition coefficient (Wildman–Crippen LogP) is 6.31. The van der Waals surface area contributed by atoms with Gasteiger partial charge in [0.1, 0.15) is 5.71 Å². The number of halogens is 1. The van der Waals surface area contributed by atoms with Gasteiger partial charge >= 0.3 is 0 Å². The van der Waals surface area contributed by atoms with Crippen LogP contribution in [0.15, 0.2) is 83.5 Å². The second-order valence-electron chi connectivity index (χ2n) is 7.44. The second kappa shape index (κ2) is 10.7. The number of ether oxygens (including phenoxy) is 2. The third-order valence-corrected chi connectivity index (χ3v) is 5.82. The molecule has 1 aliphatic rings. The van der Waals surface area contributed by atoms with Crippen LogP contribution in [-0.2, 0) is 4.79 Å². The molecule has 1 aliphatic heterocycles. The van der Waals surface area contributed by atoms with Gasteiger partial charge in [0.2, 0.25) is 0 Å². The number of nitrogens with zero attached hydrogens (tertiary/aromatic N) is 2. The van der Waals surface area contributed by atoms with E-state index >= 15 is 0 Å². The lowest BCUT2D eigenvalue weighted by Gasteiger charge is -2.14. The van der Waals surface area contributed by atoms with Crippen molar-refractivity contribution in [3.05, 3.63) is 93.1 Å². The summed E-state index contributed by atoms with van der Waals surface area (Å²) in [4.78, 5) is 13.5. The summed E-state index contributed by atoms with van der Waals surface area (Å²) in [5.41, 5.74) is 3.65. The van der Waals surface area contributed by atoms with Gasteiger partial charge in [-0.25, -0.2) is 0 Å². The van der Waals surface area contributed by atoms with Crippen LogP contribution in [0.3, 0.4) is 0 Å². The molecule has 1 amide bonds. The molecule has 168 valence electrons. The summed E-state index contributed by atoms with van der Waals surface area (Å²) >= 11 is 2.25. The first kappa shape index (κ1) is 23.0. The summed E-state index contributed by atoms with van der Waals surface area (Å²) in [5.74, 6) is 1.25. The molecule has 33 heavy (non-hydrogen) atoms. The Labute approximate surface area is 207 Å². The molecule has 0 N–H and O–H groups in total. The van der Waals surface area contributed by atoms with Crippen molar-refractivity contribution in [1.82, 2.24) is 0 Å². The zero-order valence-corrected chi connectivity index (χ0v) is 20.8. The Morgan fingerprint density at radius 3 is 2.33 bits per heavy atom. The Balaban J connectivity index is 1.79. The van der Waals surface area contributed by atoms with E-state index < -0.39 is 0 Å². The van der Waals surface area contributed by atoms with Crippen molar-refractivity contribution in [3.8, 4) is 11.5 Å². The number of carbonyl (C=O) groups is 1. The van der Waals surface area contributed by atoms with E-state index in [1.54, 1.807) is 0 Å². The van der Waals surface area contributed by atoms with Crippen LogP contribution in [0.1, 0.15) is 31.4 Å². The van der Waals surface area contributed by atoms with Gasteiger partial charge in [0, 0.05) is 5.56 Å². The molecule has 0 fully saturated rings. The highest BCUT2D eigenvalue weighted by Crippen LogP contribution is 2.36. The zero-order chi connectivity index (χ0) is 23.2. The quantitative estimate of drug-likeness (QED) is 0.243. The largest absolute Gasteiger partial charge is 0.490 e. The number of rotatable bonds is 8. The number of anilines is 1. The van der Waals surface area contributed by atoms with E-state index in [0.717, 1.165) is 32.6 Å². The van der Waals surface area contributed by atoms with E-state index in [1.165, 1.54) is 5.01 Å². The summed E-state index contributed by atoms with van der Waals surface area (Å²) in [5, 5.41) is 6.16. The highest BCUT2D eigenvalue weighted by Gasteiger charge is 2.32. The normalized spacial score (nSPS) is 14.5. The summed E-state index contributed by atoms with van der Waals surface area (Å²) in [7, 11) is 0. The lowest BCUT2D eigenvalue weighted by atomic mass is 10.00. The van der Waals surface area contributed by atoms with Crippen LogP contribution in [-0.4, -0.2) is 24.8 Å². The number of benzene rings is 3. The Morgan fingerprint density at radius 1 is 0.970 bits per heavy atom. The van der Waals surface area contributed by atoms with Crippen molar-refractivity contribution in [2.24, 2.45) is 5.10 Å². The SMILES string of the molecule is CCCOc1c(I)cc(/C=C2\C(=O)N(c3ccccc3)N=C2c2ccccc2)cc1OCC. The van der Waals surface area contributed by atoms with Crippen molar-refractivity contribution in [1.29, 1.82) is 0 Å². The first-order valence-corrected chi connectivity index (χ1v) is 12.0. The van der Waals surface area contributed by atoms with Gasteiger partial charge in [0.05, 0.1) is 28.0 Å². The van der Waals surface area contributed by atoms with Gasteiger partial charge in [-0.05, 0) is 71.8 Å². The van der Waals surface area contributed by atoms with E-state index in [-0.39, 0.29) is 5.91 Å². The highest BCUT2D eigenvalue weighted by molar-refractivity contribution is 14.1. The fourth-order valence-electron chi connectivity index (χ4n) is 3.54. The molecule has 0 saturated carbocycles. The maximum absolute atomic E-state index is 13.5. The summed E-state index contributed by atoms with van der Waals surface area (Å²) in [6.07, 6.45) is 2.79. The fourth-order valence-corrected chi connectivity index (χ4v) is 4.32. The van der Waals surface area contributed by atoms with Gasteiger partial charge in [0.15, 0.2) is 11.5 Å². The van der Waals surface area contributed by atoms with Gasteiger partial charge in [-0.15, -0.1) is 0 Å². The Bertz CT molecular complexity index is 1190. The van der Waals surface area contributed by atoms with E-state index in [4.69, 9.17) is 14.6 Å². The van der Waals surface area contributed by atoms with Gasteiger partial charge < -0.3 is 9.47 Å². The summed E-state index contributed by atoms with van der Waals surface area (Å²) in [6, 6.07) is 23.2. The number of hydrogen-bond acceptors (Lipinski definition) is 4. The monoisotopic (exact) mass is 552 g/mol. The van der Waals surface area contributed by atoms with Crippen LogP contribution in [0.5, 0.6) is 11.5 Å². The van der Waals surface area contributed by atoms with Crippen molar-refractivity contribution in [2.45, 2.75) is 20.3 Å². The first-order chi connectivity index (χ1) is 16.1. The molecule has 0 saturated heterocycles. The molecule has 0 atom stereocenters. The van der Waals surface area contributed by atoms with Crippen LogP contribution in [0.25, 0.3) is 6.08 Å². The molecule has 6 heteroatoms. The van der Waals surface area contributed by atoms with Crippen molar-refractivity contribution >= 4 is 46.0 Å². The standard InChI is InChI=1S/C27H25IN2O3/c1-3-15-33-26-23(28)17-19(18-24(26)32-4-2)16-22-25(20-11-7-5-8-12-20)29-30(27(22)31)21-13-9-6-10-14-21/h5-14,16-18H,3-4,15H2,1-2H3/b22-16-. The number of hydrazone groups is 1. The molecular formula is C27H25IN2O3. The third-order valence-electron chi connectivity index (χ3n) is 5.02. The van der Waals surface area contributed by atoms with Crippen molar-refractivity contribution in [2.75, 3.05) is 18.2 Å². The molecule has 3 aromatic carbocycles. The minimum absolute atomic E-state index is 0.167. The summed E-state index contributed by atoms with van der Waals surface area (Å²) < 4.78 is 12.7. The van der Waals surface area contributed by atoms with Crippen LogP contribution in [0.2, 0.25) is 0 Å². The average Bonchev–Trinajstić information content (AvgIpc) is 3.16. The molecular weight excluding hydrogens is 527 g/mol. The van der Waals surface area contributed by atoms with Gasteiger partial charge in [-0.2, -0.15) is 10.1 Å². The smallest absolute Gasteiger partial charge is 0.281 e. The lowest BCUT2D eigenvalue weighted by molar-refractivity contribution is -0.114. The van der Waals surface area contributed by atoms with Gasteiger partial charge in [-0.1, -0.05) is 55.5 Å². The topological polar surface area (TPSA) is 51.1 Å². The van der Waals surface area contributed by atoms with E-state index in [9.17, 15) is 4.79 Å². The molecule has 0 unspecified atom stereocenters. The first-order valence-electron chi connectivity index (χ1n) is 11.0. The second-order valence-corrected chi connectivity index (χ2v) is 8.60. The Kier molecular flexibility index (Phi) is 7.44. The van der Waals surface area contributed by atoms with E-state index in [2.05, 4.69) is 29.5 Å². The number of carbonyl (C=O) groups excluding carboxylic acids is 1. The summed E-state index contributed by atoms with van der Waals surface area (Å²) in [6.45, 7) is 5.16. The van der Waals surface area contributed by atoms with Gasteiger partial charge in [-0.3, -0.25) is 4.79 Å². The maximum Gasteiger partial charge on any atom is 0.281 e. The number of hydrogen-bond donors (Lipinski definition) is 0. The molecule has 0 bridgehead atoms. The molecule has 0 spiro atoms. The predicted molar refractivity (Wildman–Crippen MR) is 141 cm³/mol. The van der Waals surface area contributed by atoms with Gasteiger partial charge in [0.25, 0.3) is 5.91 Å². The number of para-hydroxylation sites is 1. The molecule has 1 heterocycles.